The molecule has 1 aromatic carbocycles. The first-order chi connectivity index (χ1) is 16.8. The molecule has 35 heavy (non-hydrogen) atoms. The number of nitrogens with zero attached hydrogens (tertiary/aromatic N) is 3. The fourth-order valence-corrected chi connectivity index (χ4v) is 5.48. The molecular weight excluding hydrogens is 487 g/mol. The monoisotopic (exact) mass is 518 g/mol. The van der Waals surface area contributed by atoms with Crippen LogP contribution < -0.4 is 10.5 Å². The molecule has 7 nitrogen and oxygen atoms in total. The number of hydrogen-bond donors (Lipinski definition) is 1. The summed E-state index contributed by atoms with van der Waals surface area (Å²) in [5.74, 6) is 0.811. The summed E-state index contributed by atoms with van der Waals surface area (Å²) < 4.78 is 6.18. The number of ether oxygens (including phenoxy) is 1. The molecule has 0 aliphatic carbocycles. The van der Waals surface area contributed by atoms with Gasteiger partial charge in [-0.05, 0) is 43.5 Å². The SMILES string of the molecule is CCC(=O)N1CCC(C(=O)N2C[C@H]([C@H](C)Oc3ccc(N)cn3)[C@@H](c3ccc(Cl)c(Cl)c3)C2)CC1. The van der Waals surface area contributed by atoms with E-state index in [1.165, 1.54) is 0 Å². The molecule has 4 rings (SSSR count). The summed E-state index contributed by atoms with van der Waals surface area (Å²) in [5, 5.41) is 0.996. The Morgan fingerprint density at radius 3 is 2.49 bits per heavy atom. The second kappa shape index (κ2) is 11.0. The summed E-state index contributed by atoms with van der Waals surface area (Å²) in [7, 11) is 0. The summed E-state index contributed by atoms with van der Waals surface area (Å²) in [4.78, 5) is 33.6. The smallest absolute Gasteiger partial charge is 0.225 e. The van der Waals surface area contributed by atoms with Gasteiger partial charge in [0.25, 0.3) is 0 Å². The lowest BCUT2D eigenvalue weighted by Crippen LogP contribution is -2.44. The highest BCUT2D eigenvalue weighted by atomic mass is 35.5. The van der Waals surface area contributed by atoms with Gasteiger partial charge in [0, 0.05) is 56.4 Å². The van der Waals surface area contributed by atoms with Gasteiger partial charge in [-0.1, -0.05) is 36.2 Å². The number of nitrogen functional groups attached to an aromatic ring is 1. The molecule has 188 valence electrons. The Labute approximate surface area is 216 Å². The molecule has 0 spiro atoms. The molecule has 9 heteroatoms. The van der Waals surface area contributed by atoms with Gasteiger partial charge >= 0.3 is 0 Å². The number of carbonyl (C=O) groups is 2. The highest BCUT2D eigenvalue weighted by Crippen LogP contribution is 2.39. The fourth-order valence-electron chi connectivity index (χ4n) is 5.18. The van der Waals surface area contributed by atoms with Gasteiger partial charge in [-0.3, -0.25) is 9.59 Å². The van der Waals surface area contributed by atoms with E-state index in [1.54, 1.807) is 24.4 Å². The number of nitrogens with two attached hydrogens (primary N) is 1. The van der Waals surface area contributed by atoms with E-state index in [-0.39, 0.29) is 35.7 Å². The van der Waals surface area contributed by atoms with Crippen molar-refractivity contribution >= 4 is 40.7 Å². The number of piperidine rings is 1. The van der Waals surface area contributed by atoms with Crippen LogP contribution in [-0.4, -0.2) is 58.9 Å². The Bertz CT molecular complexity index is 1060. The number of pyridine rings is 1. The van der Waals surface area contributed by atoms with Crippen LogP contribution in [0.2, 0.25) is 10.0 Å². The highest BCUT2D eigenvalue weighted by molar-refractivity contribution is 6.42. The molecule has 2 amide bonds. The molecule has 2 fully saturated rings. The first kappa shape index (κ1) is 25.6. The van der Waals surface area contributed by atoms with Gasteiger partial charge in [0.15, 0.2) is 0 Å². The average molecular weight is 519 g/mol. The summed E-state index contributed by atoms with van der Waals surface area (Å²) in [6.45, 7) is 6.32. The number of benzene rings is 1. The Morgan fingerprint density at radius 2 is 1.86 bits per heavy atom. The Kier molecular flexibility index (Phi) is 8.07. The zero-order chi connectivity index (χ0) is 25.1. The largest absolute Gasteiger partial charge is 0.474 e. The molecule has 2 aliphatic heterocycles. The minimum Gasteiger partial charge on any atom is -0.474 e. The molecule has 1 aromatic heterocycles. The molecule has 3 atom stereocenters. The first-order valence-electron chi connectivity index (χ1n) is 12.2. The standard InChI is InChI=1S/C26H32Cl2N4O3/c1-3-25(33)31-10-8-17(9-11-31)26(34)32-14-20(16(2)35-24-7-5-19(29)13-30-24)21(15-32)18-4-6-22(27)23(28)12-18/h4-7,12-13,16-17,20-21H,3,8-11,14-15,29H2,1-2H3/t16-,20+,21+/m0/s1. The molecule has 0 unspecified atom stereocenters. The molecular formula is C26H32Cl2N4O3. The van der Waals surface area contributed by atoms with Gasteiger partial charge in [0.1, 0.15) is 6.10 Å². The number of aromatic nitrogens is 1. The van der Waals surface area contributed by atoms with E-state index in [0.29, 0.717) is 67.1 Å². The van der Waals surface area contributed by atoms with Crippen molar-refractivity contribution in [3.63, 3.8) is 0 Å². The number of anilines is 1. The van der Waals surface area contributed by atoms with E-state index in [1.807, 2.05) is 35.8 Å². The van der Waals surface area contributed by atoms with Crippen molar-refractivity contribution in [1.29, 1.82) is 0 Å². The molecule has 2 aromatic rings. The molecule has 2 N–H and O–H groups in total. The van der Waals surface area contributed by atoms with Gasteiger partial charge in [-0.2, -0.15) is 0 Å². The maximum atomic E-state index is 13.5. The van der Waals surface area contributed by atoms with Crippen LogP contribution in [0.4, 0.5) is 5.69 Å². The number of likely N-dealkylation sites (tertiary alicyclic amines) is 2. The summed E-state index contributed by atoms with van der Waals surface area (Å²) in [6, 6.07) is 9.17. The second-order valence-corrected chi connectivity index (χ2v) is 10.3. The van der Waals surface area contributed by atoms with Gasteiger partial charge in [0.05, 0.1) is 21.9 Å². The number of carbonyl (C=O) groups excluding carboxylic acids is 2. The van der Waals surface area contributed by atoms with Gasteiger partial charge in [-0.25, -0.2) is 4.98 Å². The third kappa shape index (κ3) is 5.84. The fraction of sp³-hybridized carbons (Fsp3) is 0.500. The van der Waals surface area contributed by atoms with Crippen LogP contribution in [0.5, 0.6) is 5.88 Å². The molecule has 2 aliphatic rings. The van der Waals surface area contributed by atoms with Crippen LogP contribution in [0.3, 0.4) is 0 Å². The number of halogens is 2. The van der Waals surface area contributed by atoms with Crippen molar-refractivity contribution in [1.82, 2.24) is 14.8 Å². The third-order valence-electron chi connectivity index (χ3n) is 7.22. The minimum absolute atomic E-state index is 0.0392. The molecule has 0 bridgehead atoms. The van der Waals surface area contributed by atoms with Crippen molar-refractivity contribution in [3.8, 4) is 5.88 Å². The topological polar surface area (TPSA) is 88.8 Å². The van der Waals surface area contributed by atoms with Crippen molar-refractivity contribution in [2.45, 2.75) is 45.1 Å². The molecule has 3 heterocycles. The predicted molar refractivity (Wildman–Crippen MR) is 138 cm³/mol. The van der Waals surface area contributed by atoms with E-state index >= 15 is 0 Å². The van der Waals surface area contributed by atoms with Gasteiger partial charge in [-0.15, -0.1) is 0 Å². The first-order valence-corrected chi connectivity index (χ1v) is 12.9. The molecule has 0 saturated carbocycles. The molecule has 0 radical (unpaired) electrons. The van der Waals surface area contributed by atoms with Crippen molar-refractivity contribution in [2.24, 2.45) is 11.8 Å². The van der Waals surface area contributed by atoms with Crippen LogP contribution >= 0.6 is 23.2 Å². The third-order valence-corrected chi connectivity index (χ3v) is 7.96. The van der Waals surface area contributed by atoms with E-state index in [4.69, 9.17) is 33.7 Å². The number of rotatable bonds is 6. The van der Waals surface area contributed by atoms with Crippen LogP contribution in [0.1, 0.15) is 44.6 Å². The van der Waals surface area contributed by atoms with Crippen molar-refractivity contribution in [2.75, 3.05) is 31.9 Å². The van der Waals surface area contributed by atoms with E-state index in [9.17, 15) is 9.59 Å². The average Bonchev–Trinajstić information content (AvgIpc) is 3.32. The summed E-state index contributed by atoms with van der Waals surface area (Å²) in [6.07, 6.45) is 3.26. The van der Waals surface area contributed by atoms with E-state index < -0.39 is 0 Å². The quantitative estimate of drug-likeness (QED) is 0.602. The van der Waals surface area contributed by atoms with Crippen molar-refractivity contribution < 1.29 is 14.3 Å². The molecule has 2 saturated heterocycles. The number of amides is 2. The van der Waals surface area contributed by atoms with E-state index in [2.05, 4.69) is 4.98 Å². The highest BCUT2D eigenvalue weighted by Gasteiger charge is 2.42. The second-order valence-electron chi connectivity index (χ2n) is 9.45. The van der Waals surface area contributed by atoms with Crippen molar-refractivity contribution in [3.05, 3.63) is 52.1 Å². The van der Waals surface area contributed by atoms with Crippen LogP contribution in [0, 0.1) is 11.8 Å². The van der Waals surface area contributed by atoms with Gasteiger partial charge < -0.3 is 20.3 Å². The van der Waals surface area contributed by atoms with E-state index in [0.717, 1.165) is 5.56 Å². The Morgan fingerprint density at radius 1 is 1.11 bits per heavy atom. The minimum atomic E-state index is -0.201. The van der Waals surface area contributed by atoms with Crippen LogP contribution in [0.25, 0.3) is 0 Å². The maximum absolute atomic E-state index is 13.5. The van der Waals surface area contributed by atoms with Crippen LogP contribution in [0.15, 0.2) is 36.5 Å². The predicted octanol–water partition coefficient (Wildman–Crippen LogP) is 4.63. The lowest BCUT2D eigenvalue weighted by atomic mass is 9.86. The Hall–Kier alpha value is -2.51. The summed E-state index contributed by atoms with van der Waals surface area (Å²) >= 11 is 12.5. The zero-order valence-electron chi connectivity index (χ0n) is 20.1. The zero-order valence-corrected chi connectivity index (χ0v) is 21.6. The maximum Gasteiger partial charge on any atom is 0.225 e. The lowest BCUT2D eigenvalue weighted by Gasteiger charge is -2.33. The number of hydrogen-bond acceptors (Lipinski definition) is 5. The lowest BCUT2D eigenvalue weighted by molar-refractivity contribution is -0.140. The normalized spacial score (nSPS) is 21.7. The Balaban J connectivity index is 1.50. The van der Waals surface area contributed by atoms with Gasteiger partial charge in [0.2, 0.25) is 17.7 Å². The summed E-state index contributed by atoms with van der Waals surface area (Å²) in [5.41, 5.74) is 7.36. The van der Waals surface area contributed by atoms with Crippen LogP contribution in [-0.2, 0) is 9.59 Å².